The maximum Gasteiger partial charge on any atom is 0.329 e. The first-order chi connectivity index (χ1) is 9.50. The van der Waals surface area contributed by atoms with Gasteiger partial charge in [0.1, 0.15) is 5.54 Å². The van der Waals surface area contributed by atoms with Gasteiger partial charge in [0.2, 0.25) is 0 Å². The number of carbonyl (C=O) groups is 2. The number of unbranched alkanes of at least 4 members (excludes halogenated alkanes) is 1. The van der Waals surface area contributed by atoms with Gasteiger partial charge in [-0.15, -0.1) is 0 Å². The van der Waals surface area contributed by atoms with E-state index in [0.29, 0.717) is 13.2 Å². The SMILES string of the molecule is CCCCOCCCNC(=O)NC(C)(C(=O)O)C1CC1. The van der Waals surface area contributed by atoms with Crippen LogP contribution in [0.15, 0.2) is 0 Å². The van der Waals surface area contributed by atoms with Gasteiger partial charge in [0, 0.05) is 19.8 Å². The van der Waals surface area contributed by atoms with Crippen molar-refractivity contribution in [2.75, 3.05) is 19.8 Å². The number of hydrogen-bond acceptors (Lipinski definition) is 3. The number of urea groups is 1. The zero-order valence-corrected chi connectivity index (χ0v) is 12.4. The Morgan fingerprint density at radius 3 is 2.50 bits per heavy atom. The lowest BCUT2D eigenvalue weighted by atomic mass is 9.96. The summed E-state index contributed by atoms with van der Waals surface area (Å²) in [6.45, 7) is 5.52. The number of nitrogens with one attached hydrogen (secondary N) is 2. The van der Waals surface area contributed by atoms with Crippen molar-refractivity contribution in [3.8, 4) is 0 Å². The van der Waals surface area contributed by atoms with Gasteiger partial charge in [-0.2, -0.15) is 0 Å². The fraction of sp³-hybridized carbons (Fsp3) is 0.857. The van der Waals surface area contributed by atoms with Crippen LogP contribution in [0.1, 0.15) is 46.0 Å². The van der Waals surface area contributed by atoms with Gasteiger partial charge in [0.15, 0.2) is 0 Å². The van der Waals surface area contributed by atoms with Crippen molar-refractivity contribution in [3.63, 3.8) is 0 Å². The summed E-state index contributed by atoms with van der Waals surface area (Å²) in [5.41, 5.74) is -1.15. The zero-order chi connectivity index (χ0) is 15.0. The third-order valence-corrected chi connectivity index (χ3v) is 3.60. The maximum atomic E-state index is 11.7. The Kier molecular flexibility index (Phi) is 6.78. The van der Waals surface area contributed by atoms with E-state index in [-0.39, 0.29) is 5.92 Å². The van der Waals surface area contributed by atoms with Crippen LogP contribution in [0.4, 0.5) is 4.79 Å². The fourth-order valence-corrected chi connectivity index (χ4v) is 2.00. The molecule has 1 saturated carbocycles. The number of carboxylic acid groups (broad SMARTS) is 1. The van der Waals surface area contributed by atoms with Crippen LogP contribution in [0.2, 0.25) is 0 Å². The van der Waals surface area contributed by atoms with E-state index >= 15 is 0 Å². The smallest absolute Gasteiger partial charge is 0.329 e. The molecular weight excluding hydrogens is 260 g/mol. The maximum absolute atomic E-state index is 11.7. The highest BCUT2D eigenvalue weighted by Gasteiger charge is 2.48. The van der Waals surface area contributed by atoms with Crippen LogP contribution in [0, 0.1) is 5.92 Å². The lowest BCUT2D eigenvalue weighted by Gasteiger charge is -2.26. The van der Waals surface area contributed by atoms with Crippen molar-refractivity contribution in [1.82, 2.24) is 10.6 Å². The Hall–Kier alpha value is -1.30. The number of carbonyl (C=O) groups excluding carboxylic acids is 1. The average molecular weight is 286 g/mol. The molecule has 1 atom stereocenters. The Labute approximate surface area is 120 Å². The predicted octanol–water partition coefficient (Wildman–Crippen LogP) is 1.75. The topological polar surface area (TPSA) is 87.7 Å². The molecule has 1 rings (SSSR count). The molecule has 116 valence electrons. The van der Waals surface area contributed by atoms with Crippen molar-refractivity contribution >= 4 is 12.0 Å². The molecule has 0 aliphatic heterocycles. The first-order valence-corrected chi connectivity index (χ1v) is 7.38. The lowest BCUT2D eigenvalue weighted by molar-refractivity contribution is -0.144. The molecule has 0 saturated heterocycles. The second-order valence-corrected chi connectivity index (χ2v) is 5.48. The minimum absolute atomic E-state index is 0.0446. The molecule has 0 radical (unpaired) electrons. The highest BCUT2D eigenvalue weighted by atomic mass is 16.5. The van der Waals surface area contributed by atoms with E-state index in [4.69, 9.17) is 4.74 Å². The van der Waals surface area contributed by atoms with Gasteiger partial charge < -0.3 is 20.5 Å². The number of aliphatic carboxylic acids is 1. The number of ether oxygens (including phenoxy) is 1. The standard InChI is InChI=1S/C14H26N2O4/c1-3-4-9-20-10-5-8-15-13(19)16-14(2,12(17)18)11-6-7-11/h11H,3-10H2,1-2H3,(H,17,18)(H2,15,16,19). The highest BCUT2D eigenvalue weighted by molar-refractivity contribution is 5.86. The van der Waals surface area contributed by atoms with Crippen molar-refractivity contribution < 1.29 is 19.4 Å². The third kappa shape index (κ3) is 5.36. The summed E-state index contributed by atoms with van der Waals surface area (Å²) in [5, 5.41) is 14.5. The summed E-state index contributed by atoms with van der Waals surface area (Å²) in [6.07, 6.45) is 4.59. The summed E-state index contributed by atoms with van der Waals surface area (Å²) in [7, 11) is 0. The molecule has 20 heavy (non-hydrogen) atoms. The van der Waals surface area contributed by atoms with E-state index in [0.717, 1.165) is 38.7 Å². The molecule has 0 heterocycles. The first kappa shape index (κ1) is 16.8. The van der Waals surface area contributed by atoms with E-state index < -0.39 is 17.5 Å². The number of carboxylic acids is 1. The second-order valence-electron chi connectivity index (χ2n) is 5.48. The Morgan fingerprint density at radius 1 is 1.30 bits per heavy atom. The number of hydrogen-bond donors (Lipinski definition) is 3. The first-order valence-electron chi connectivity index (χ1n) is 7.38. The molecule has 6 nitrogen and oxygen atoms in total. The van der Waals surface area contributed by atoms with Gasteiger partial charge in [-0.25, -0.2) is 9.59 Å². The van der Waals surface area contributed by atoms with Crippen molar-refractivity contribution in [2.24, 2.45) is 5.92 Å². The van der Waals surface area contributed by atoms with Gasteiger partial charge in [-0.05, 0) is 38.5 Å². The monoisotopic (exact) mass is 286 g/mol. The largest absolute Gasteiger partial charge is 0.480 e. The van der Waals surface area contributed by atoms with Crippen LogP contribution in [-0.2, 0) is 9.53 Å². The fourth-order valence-electron chi connectivity index (χ4n) is 2.00. The van der Waals surface area contributed by atoms with Gasteiger partial charge in [0.25, 0.3) is 0 Å². The molecule has 1 unspecified atom stereocenters. The molecule has 1 fully saturated rings. The summed E-state index contributed by atoms with van der Waals surface area (Å²) < 4.78 is 5.38. The van der Waals surface area contributed by atoms with Crippen molar-refractivity contribution in [1.29, 1.82) is 0 Å². The third-order valence-electron chi connectivity index (χ3n) is 3.60. The molecule has 6 heteroatoms. The van der Waals surface area contributed by atoms with E-state index in [1.807, 2.05) is 0 Å². The van der Waals surface area contributed by atoms with Gasteiger partial charge in [-0.3, -0.25) is 0 Å². The quantitative estimate of drug-likeness (QED) is 0.534. The van der Waals surface area contributed by atoms with Crippen LogP contribution in [0.5, 0.6) is 0 Å². The molecule has 0 spiro atoms. The molecule has 1 aliphatic carbocycles. The van der Waals surface area contributed by atoms with Gasteiger partial charge in [-0.1, -0.05) is 13.3 Å². The molecule has 3 N–H and O–H groups in total. The van der Waals surface area contributed by atoms with Gasteiger partial charge in [0.05, 0.1) is 0 Å². The summed E-state index contributed by atoms with van der Waals surface area (Å²) in [5.74, 6) is -0.929. The second kappa shape index (κ2) is 8.09. The van der Waals surface area contributed by atoms with Crippen LogP contribution in [0.25, 0.3) is 0 Å². The lowest BCUT2D eigenvalue weighted by Crippen LogP contribution is -2.56. The van der Waals surface area contributed by atoms with E-state index in [2.05, 4.69) is 17.6 Å². The molecule has 0 aromatic rings. The van der Waals surface area contributed by atoms with Crippen LogP contribution in [0.3, 0.4) is 0 Å². The average Bonchev–Trinajstić information content (AvgIpc) is 3.21. The highest BCUT2D eigenvalue weighted by Crippen LogP contribution is 2.39. The number of amides is 2. The Bertz CT molecular complexity index is 331. The predicted molar refractivity (Wildman–Crippen MR) is 75.6 cm³/mol. The molecule has 2 amide bonds. The molecule has 0 aromatic carbocycles. The van der Waals surface area contributed by atoms with Crippen molar-refractivity contribution in [2.45, 2.75) is 51.5 Å². The van der Waals surface area contributed by atoms with E-state index in [9.17, 15) is 14.7 Å². The Morgan fingerprint density at radius 2 is 1.95 bits per heavy atom. The molecule has 1 aliphatic rings. The van der Waals surface area contributed by atoms with Crippen LogP contribution >= 0.6 is 0 Å². The minimum Gasteiger partial charge on any atom is -0.480 e. The molecule has 0 aromatic heterocycles. The summed E-state index contributed by atoms with van der Waals surface area (Å²) in [4.78, 5) is 23.0. The van der Waals surface area contributed by atoms with Gasteiger partial charge >= 0.3 is 12.0 Å². The number of rotatable bonds is 10. The van der Waals surface area contributed by atoms with Crippen LogP contribution in [-0.4, -0.2) is 42.4 Å². The van der Waals surface area contributed by atoms with Crippen molar-refractivity contribution in [3.05, 3.63) is 0 Å². The minimum atomic E-state index is -1.15. The van der Waals surface area contributed by atoms with Crippen LogP contribution < -0.4 is 10.6 Å². The zero-order valence-electron chi connectivity index (χ0n) is 12.4. The normalized spacial score (nSPS) is 17.3. The Balaban J connectivity index is 2.15. The van der Waals surface area contributed by atoms with E-state index in [1.165, 1.54) is 0 Å². The van der Waals surface area contributed by atoms with E-state index in [1.54, 1.807) is 6.92 Å². The molecule has 0 bridgehead atoms. The molecular formula is C14H26N2O4. The summed E-state index contributed by atoms with van der Waals surface area (Å²) >= 11 is 0. The summed E-state index contributed by atoms with van der Waals surface area (Å²) in [6, 6.07) is -0.421.